The molecule has 0 spiro atoms. The van der Waals surface area contributed by atoms with Gasteiger partial charge in [0.05, 0.1) is 4.88 Å². The molecule has 12 heavy (non-hydrogen) atoms. The van der Waals surface area contributed by atoms with E-state index in [9.17, 15) is 0 Å². The van der Waals surface area contributed by atoms with E-state index in [2.05, 4.69) is 28.8 Å². The molecule has 0 fully saturated rings. The summed E-state index contributed by atoms with van der Waals surface area (Å²) in [5.74, 6) is 2.63. The Kier molecular flexibility index (Phi) is 1.99. The zero-order chi connectivity index (χ0) is 8.39. The maximum atomic E-state index is 5.28. The molecule has 0 aromatic carbocycles. The van der Waals surface area contributed by atoms with E-state index in [0.717, 1.165) is 4.88 Å². The quantitative estimate of drug-likeness (QED) is 0.604. The van der Waals surface area contributed by atoms with Crippen molar-refractivity contribution in [2.75, 3.05) is 0 Å². The normalized spacial score (nSPS) is 9.58. The average molecular weight is 190 g/mol. The third-order valence-electron chi connectivity index (χ3n) is 1.55. The van der Waals surface area contributed by atoms with Crippen LogP contribution in [0.4, 0.5) is 0 Å². The lowest BCUT2D eigenvalue weighted by molar-refractivity contribution is 1.87. The molecule has 0 nitrogen and oxygen atoms in total. The molecule has 2 heterocycles. The average Bonchev–Trinajstić information content (AvgIpc) is 2.75. The Morgan fingerprint density at radius 2 is 2.17 bits per heavy atom. The molecule has 0 unspecified atom stereocenters. The smallest absolute Gasteiger partial charge is 0.0772 e. The van der Waals surface area contributed by atoms with E-state index in [1.165, 1.54) is 10.4 Å². The molecule has 0 radical (unpaired) electrons. The van der Waals surface area contributed by atoms with Crippen LogP contribution in [-0.4, -0.2) is 0 Å². The molecule has 0 atom stereocenters. The molecule has 0 N–H and O–H groups in total. The van der Waals surface area contributed by atoms with Gasteiger partial charge >= 0.3 is 0 Å². The topological polar surface area (TPSA) is 0 Å². The first-order valence-electron chi connectivity index (χ1n) is 3.49. The van der Waals surface area contributed by atoms with Gasteiger partial charge in [0.2, 0.25) is 0 Å². The highest BCUT2D eigenvalue weighted by atomic mass is 32.1. The number of terminal acetylenes is 1. The van der Waals surface area contributed by atoms with Gasteiger partial charge in [-0.1, -0.05) is 5.92 Å². The first-order chi connectivity index (χ1) is 5.90. The van der Waals surface area contributed by atoms with Crippen molar-refractivity contribution in [3.63, 3.8) is 0 Å². The number of rotatable bonds is 1. The Bertz CT molecular complexity index is 401. The molecule has 0 aliphatic rings. The lowest BCUT2D eigenvalue weighted by Gasteiger charge is -1.86. The largest absolute Gasteiger partial charge is 0.152 e. The summed E-state index contributed by atoms with van der Waals surface area (Å²) in [6.07, 6.45) is 5.28. The molecular formula is C10H6S2. The molecule has 2 heteroatoms. The van der Waals surface area contributed by atoms with Gasteiger partial charge in [-0.15, -0.1) is 17.8 Å². The lowest BCUT2D eigenvalue weighted by atomic mass is 10.3. The zero-order valence-corrected chi connectivity index (χ0v) is 7.91. The second-order valence-corrected chi connectivity index (χ2v) is 4.18. The van der Waals surface area contributed by atoms with E-state index in [0.29, 0.717) is 0 Å². The molecule has 0 aliphatic heterocycles. The summed E-state index contributed by atoms with van der Waals surface area (Å²) in [7, 11) is 0. The van der Waals surface area contributed by atoms with Crippen LogP contribution >= 0.6 is 22.7 Å². The Balaban J connectivity index is 2.44. The highest BCUT2D eigenvalue weighted by Crippen LogP contribution is 2.28. The minimum Gasteiger partial charge on any atom is -0.152 e. The SMILES string of the molecule is C#Cc1ccc(-c2ccsc2)s1. The predicted molar refractivity (Wildman–Crippen MR) is 55.6 cm³/mol. The first-order valence-corrected chi connectivity index (χ1v) is 5.25. The van der Waals surface area contributed by atoms with Crippen LogP contribution in [0, 0.1) is 12.3 Å². The van der Waals surface area contributed by atoms with Gasteiger partial charge in [-0.25, -0.2) is 0 Å². The van der Waals surface area contributed by atoms with Gasteiger partial charge in [-0.3, -0.25) is 0 Å². The first kappa shape index (κ1) is 7.60. The van der Waals surface area contributed by atoms with Gasteiger partial charge < -0.3 is 0 Å². The van der Waals surface area contributed by atoms with Gasteiger partial charge in [0, 0.05) is 10.4 Å². The third kappa shape index (κ3) is 1.29. The summed E-state index contributed by atoms with van der Waals surface area (Å²) >= 11 is 3.37. The fraction of sp³-hybridized carbons (Fsp3) is 0. The summed E-state index contributed by atoms with van der Waals surface area (Å²) in [4.78, 5) is 2.25. The molecule has 2 aromatic rings. The summed E-state index contributed by atoms with van der Waals surface area (Å²) in [6.45, 7) is 0. The maximum Gasteiger partial charge on any atom is 0.0772 e. The van der Waals surface area contributed by atoms with Crippen molar-refractivity contribution in [1.29, 1.82) is 0 Å². The van der Waals surface area contributed by atoms with Crippen LogP contribution in [0.1, 0.15) is 4.88 Å². The maximum absolute atomic E-state index is 5.28. The van der Waals surface area contributed by atoms with Crippen LogP contribution in [0.3, 0.4) is 0 Å². The predicted octanol–water partition coefficient (Wildman–Crippen LogP) is 3.46. The number of thiophene rings is 2. The minimum atomic E-state index is 0.996. The van der Waals surface area contributed by atoms with E-state index < -0.39 is 0 Å². The van der Waals surface area contributed by atoms with Crippen molar-refractivity contribution in [3.8, 4) is 22.8 Å². The molecule has 0 saturated heterocycles. The van der Waals surface area contributed by atoms with E-state index >= 15 is 0 Å². The van der Waals surface area contributed by atoms with Crippen LogP contribution in [0.25, 0.3) is 10.4 Å². The lowest BCUT2D eigenvalue weighted by Crippen LogP contribution is -1.58. The van der Waals surface area contributed by atoms with E-state index in [4.69, 9.17) is 6.42 Å². The van der Waals surface area contributed by atoms with Crippen LogP contribution in [0.5, 0.6) is 0 Å². The minimum absolute atomic E-state index is 0.996. The molecule has 0 amide bonds. The standard InChI is InChI=1S/C10H6S2/c1-2-9-3-4-10(12-9)8-5-6-11-7-8/h1,3-7H. The Morgan fingerprint density at radius 1 is 1.25 bits per heavy atom. The van der Waals surface area contributed by atoms with Crippen molar-refractivity contribution in [1.82, 2.24) is 0 Å². The fourth-order valence-electron chi connectivity index (χ4n) is 0.975. The van der Waals surface area contributed by atoms with Crippen LogP contribution in [-0.2, 0) is 0 Å². The van der Waals surface area contributed by atoms with Crippen LogP contribution in [0.2, 0.25) is 0 Å². The Labute approximate surface area is 79.5 Å². The van der Waals surface area contributed by atoms with Crippen molar-refractivity contribution in [3.05, 3.63) is 33.8 Å². The molecule has 0 saturated carbocycles. The molecular weight excluding hydrogens is 184 g/mol. The fourth-order valence-corrected chi connectivity index (χ4v) is 2.52. The highest BCUT2D eigenvalue weighted by Gasteiger charge is 2.00. The van der Waals surface area contributed by atoms with Gasteiger partial charge in [-0.05, 0) is 29.0 Å². The molecule has 0 bridgehead atoms. The summed E-state index contributed by atoms with van der Waals surface area (Å²) in [6, 6.07) is 6.16. The molecule has 58 valence electrons. The zero-order valence-electron chi connectivity index (χ0n) is 6.28. The second-order valence-electron chi connectivity index (χ2n) is 2.32. The van der Waals surface area contributed by atoms with Crippen LogP contribution < -0.4 is 0 Å². The van der Waals surface area contributed by atoms with Crippen molar-refractivity contribution in [2.45, 2.75) is 0 Å². The summed E-state index contributed by atoms with van der Waals surface area (Å²) < 4.78 is 0. The van der Waals surface area contributed by atoms with Crippen LogP contribution in [0.15, 0.2) is 29.0 Å². The van der Waals surface area contributed by atoms with E-state index in [1.807, 2.05) is 6.07 Å². The second kappa shape index (κ2) is 3.14. The van der Waals surface area contributed by atoms with Gasteiger partial charge in [-0.2, -0.15) is 11.3 Å². The van der Waals surface area contributed by atoms with Crippen molar-refractivity contribution in [2.24, 2.45) is 0 Å². The van der Waals surface area contributed by atoms with Gasteiger partial charge in [0.15, 0.2) is 0 Å². The molecule has 2 aromatic heterocycles. The van der Waals surface area contributed by atoms with Gasteiger partial charge in [0.25, 0.3) is 0 Å². The van der Waals surface area contributed by atoms with Crippen molar-refractivity contribution >= 4 is 22.7 Å². The number of hydrogen-bond acceptors (Lipinski definition) is 2. The van der Waals surface area contributed by atoms with E-state index in [1.54, 1.807) is 22.7 Å². The monoisotopic (exact) mass is 190 g/mol. The van der Waals surface area contributed by atoms with Crippen molar-refractivity contribution < 1.29 is 0 Å². The summed E-state index contributed by atoms with van der Waals surface area (Å²) in [5.41, 5.74) is 1.27. The molecule has 0 aliphatic carbocycles. The Hall–Kier alpha value is -1.04. The Morgan fingerprint density at radius 3 is 2.75 bits per heavy atom. The summed E-state index contributed by atoms with van der Waals surface area (Å²) in [5, 5.41) is 4.21. The number of hydrogen-bond donors (Lipinski definition) is 0. The van der Waals surface area contributed by atoms with E-state index in [-0.39, 0.29) is 0 Å². The van der Waals surface area contributed by atoms with Gasteiger partial charge in [0.1, 0.15) is 0 Å². The third-order valence-corrected chi connectivity index (χ3v) is 3.30. The highest BCUT2D eigenvalue weighted by molar-refractivity contribution is 7.16. The molecule has 2 rings (SSSR count).